The van der Waals surface area contributed by atoms with Crippen molar-refractivity contribution >= 4 is 17.2 Å². The highest BCUT2D eigenvalue weighted by Gasteiger charge is 2.27. The Balaban J connectivity index is 1.98. The zero-order valence-corrected chi connectivity index (χ0v) is 12.2. The van der Waals surface area contributed by atoms with Gasteiger partial charge in [0.2, 0.25) is 5.91 Å². The van der Waals surface area contributed by atoms with Gasteiger partial charge in [-0.1, -0.05) is 12.1 Å². The van der Waals surface area contributed by atoms with Crippen molar-refractivity contribution in [3.63, 3.8) is 0 Å². The first-order valence-corrected chi connectivity index (χ1v) is 7.23. The molecule has 0 saturated carbocycles. The van der Waals surface area contributed by atoms with Crippen molar-refractivity contribution in [1.82, 2.24) is 5.32 Å². The summed E-state index contributed by atoms with van der Waals surface area (Å²) in [6.07, 6.45) is 0.208. The minimum Gasteiger partial charge on any atom is -0.383 e. The van der Waals surface area contributed by atoms with Gasteiger partial charge >= 0.3 is 0 Å². The summed E-state index contributed by atoms with van der Waals surface area (Å²) < 4.78 is 26.5. The van der Waals surface area contributed by atoms with E-state index in [4.69, 9.17) is 0 Å². The Kier molecular flexibility index (Phi) is 4.69. The molecule has 3 nitrogen and oxygen atoms in total. The predicted octanol–water partition coefficient (Wildman–Crippen LogP) is 2.59. The van der Waals surface area contributed by atoms with Crippen LogP contribution >= 0.6 is 11.3 Å². The second kappa shape index (κ2) is 6.32. The number of halogens is 2. The van der Waals surface area contributed by atoms with Crippen molar-refractivity contribution in [2.24, 2.45) is 0 Å². The van der Waals surface area contributed by atoms with Gasteiger partial charge < -0.3 is 10.4 Å². The van der Waals surface area contributed by atoms with Crippen LogP contribution in [0.5, 0.6) is 0 Å². The molecule has 0 saturated heterocycles. The molecule has 1 aromatic heterocycles. The van der Waals surface area contributed by atoms with Gasteiger partial charge in [0.05, 0.1) is 13.0 Å². The molecule has 0 fully saturated rings. The summed E-state index contributed by atoms with van der Waals surface area (Å²) in [7, 11) is 0. The van der Waals surface area contributed by atoms with Crippen LogP contribution in [0.3, 0.4) is 0 Å². The number of hydrogen-bond acceptors (Lipinski definition) is 3. The summed E-state index contributed by atoms with van der Waals surface area (Å²) in [4.78, 5) is 12.7. The SMILES string of the molecule is CC(O)(CNC(=O)Cc1cccs1)c1ccc(F)cc1F. The minimum absolute atomic E-state index is 0.0553. The average Bonchev–Trinajstić information content (AvgIpc) is 2.89. The molecule has 1 unspecified atom stereocenters. The third-order valence-electron chi connectivity index (χ3n) is 3.06. The van der Waals surface area contributed by atoms with Gasteiger partial charge in [0.1, 0.15) is 17.2 Å². The molecule has 2 N–H and O–H groups in total. The fourth-order valence-corrected chi connectivity index (χ4v) is 2.63. The minimum atomic E-state index is -1.61. The number of nitrogens with one attached hydrogen (secondary N) is 1. The van der Waals surface area contributed by atoms with E-state index in [1.807, 2.05) is 17.5 Å². The van der Waals surface area contributed by atoms with Crippen molar-refractivity contribution in [3.05, 3.63) is 57.8 Å². The maximum atomic E-state index is 13.7. The monoisotopic (exact) mass is 311 g/mol. The lowest BCUT2D eigenvalue weighted by molar-refractivity contribution is -0.121. The van der Waals surface area contributed by atoms with Crippen LogP contribution < -0.4 is 5.32 Å². The standard InChI is InChI=1S/C15H15F2NO2S/c1-15(20,12-5-4-10(16)7-13(12)17)9-18-14(19)8-11-3-2-6-21-11/h2-7,20H,8-9H2,1H3,(H,18,19). The van der Waals surface area contributed by atoms with E-state index in [1.165, 1.54) is 24.3 Å². The molecule has 2 rings (SSSR count). The normalized spacial score (nSPS) is 13.7. The molecule has 0 radical (unpaired) electrons. The Hall–Kier alpha value is -1.79. The molecule has 1 aromatic carbocycles. The molecule has 6 heteroatoms. The molecule has 1 atom stereocenters. The van der Waals surface area contributed by atoms with Crippen LogP contribution in [0.15, 0.2) is 35.7 Å². The topological polar surface area (TPSA) is 49.3 Å². The van der Waals surface area contributed by atoms with Crippen LogP contribution in [0.25, 0.3) is 0 Å². The van der Waals surface area contributed by atoms with Gasteiger partial charge in [-0.15, -0.1) is 11.3 Å². The van der Waals surface area contributed by atoms with Gasteiger partial charge in [0, 0.05) is 16.5 Å². The zero-order valence-electron chi connectivity index (χ0n) is 11.4. The highest BCUT2D eigenvalue weighted by Crippen LogP contribution is 2.23. The van der Waals surface area contributed by atoms with E-state index in [0.29, 0.717) is 6.07 Å². The van der Waals surface area contributed by atoms with E-state index < -0.39 is 17.2 Å². The second-order valence-electron chi connectivity index (χ2n) is 4.93. The first-order valence-electron chi connectivity index (χ1n) is 6.35. The Bertz CT molecular complexity index is 627. The van der Waals surface area contributed by atoms with E-state index in [0.717, 1.165) is 10.9 Å². The van der Waals surface area contributed by atoms with Gasteiger partial charge in [-0.05, 0) is 24.4 Å². The van der Waals surface area contributed by atoms with E-state index in [2.05, 4.69) is 5.32 Å². The summed E-state index contributed by atoms with van der Waals surface area (Å²) in [6.45, 7) is 1.22. The molecule has 0 aliphatic rings. The number of amides is 1. The number of benzene rings is 1. The van der Waals surface area contributed by atoms with Crippen LogP contribution in [-0.4, -0.2) is 17.6 Å². The molecule has 0 aliphatic heterocycles. The Morgan fingerprint density at radius 2 is 2.14 bits per heavy atom. The van der Waals surface area contributed by atoms with Crippen molar-refractivity contribution in [2.75, 3.05) is 6.54 Å². The number of thiophene rings is 1. The van der Waals surface area contributed by atoms with E-state index in [-0.39, 0.29) is 24.4 Å². The quantitative estimate of drug-likeness (QED) is 0.892. The van der Waals surface area contributed by atoms with Gasteiger partial charge in [0.15, 0.2) is 0 Å². The lowest BCUT2D eigenvalue weighted by atomic mass is 9.95. The lowest BCUT2D eigenvalue weighted by Crippen LogP contribution is -2.39. The first kappa shape index (κ1) is 15.6. The van der Waals surface area contributed by atoms with Gasteiger partial charge in [-0.2, -0.15) is 0 Å². The maximum absolute atomic E-state index is 13.7. The first-order chi connectivity index (χ1) is 9.88. The fraction of sp³-hybridized carbons (Fsp3) is 0.267. The number of rotatable bonds is 5. The predicted molar refractivity (Wildman–Crippen MR) is 77.0 cm³/mol. The molecule has 112 valence electrons. The Labute approximate surface area is 125 Å². The molecule has 2 aromatic rings. The number of carbonyl (C=O) groups is 1. The van der Waals surface area contributed by atoms with Crippen molar-refractivity contribution in [2.45, 2.75) is 18.9 Å². The van der Waals surface area contributed by atoms with Gasteiger partial charge in [-0.25, -0.2) is 8.78 Å². The number of hydrogen-bond donors (Lipinski definition) is 2. The van der Waals surface area contributed by atoms with Crippen LogP contribution in [-0.2, 0) is 16.8 Å². The van der Waals surface area contributed by atoms with Gasteiger partial charge in [0.25, 0.3) is 0 Å². The molecule has 0 spiro atoms. The zero-order chi connectivity index (χ0) is 15.5. The van der Waals surface area contributed by atoms with Gasteiger partial charge in [-0.3, -0.25) is 4.79 Å². The van der Waals surface area contributed by atoms with E-state index in [1.54, 1.807) is 0 Å². The molecule has 1 amide bonds. The molecular weight excluding hydrogens is 296 g/mol. The summed E-state index contributed by atoms with van der Waals surface area (Å²) in [6, 6.07) is 6.63. The third kappa shape index (κ3) is 4.09. The third-order valence-corrected chi connectivity index (χ3v) is 3.93. The maximum Gasteiger partial charge on any atom is 0.225 e. The smallest absolute Gasteiger partial charge is 0.225 e. The van der Waals surface area contributed by atoms with Crippen molar-refractivity contribution < 1.29 is 18.7 Å². The Morgan fingerprint density at radius 3 is 2.76 bits per heavy atom. The Morgan fingerprint density at radius 1 is 1.38 bits per heavy atom. The van der Waals surface area contributed by atoms with E-state index in [9.17, 15) is 18.7 Å². The van der Waals surface area contributed by atoms with Crippen LogP contribution in [0.1, 0.15) is 17.4 Å². The highest BCUT2D eigenvalue weighted by atomic mass is 32.1. The lowest BCUT2D eigenvalue weighted by Gasteiger charge is -2.24. The fourth-order valence-electron chi connectivity index (χ4n) is 1.93. The van der Waals surface area contributed by atoms with Crippen LogP contribution in [0.2, 0.25) is 0 Å². The molecular formula is C15H15F2NO2S. The molecule has 0 bridgehead atoms. The summed E-state index contributed by atoms with van der Waals surface area (Å²) in [5.41, 5.74) is -1.66. The summed E-state index contributed by atoms with van der Waals surface area (Å²) in [5.74, 6) is -1.82. The van der Waals surface area contributed by atoms with Crippen molar-refractivity contribution in [1.29, 1.82) is 0 Å². The summed E-state index contributed by atoms with van der Waals surface area (Å²) >= 11 is 1.46. The van der Waals surface area contributed by atoms with Crippen LogP contribution in [0, 0.1) is 11.6 Å². The highest BCUT2D eigenvalue weighted by molar-refractivity contribution is 7.10. The second-order valence-corrected chi connectivity index (χ2v) is 5.96. The average molecular weight is 311 g/mol. The summed E-state index contributed by atoms with van der Waals surface area (Å²) in [5, 5.41) is 14.7. The van der Waals surface area contributed by atoms with Crippen LogP contribution in [0.4, 0.5) is 8.78 Å². The largest absolute Gasteiger partial charge is 0.383 e. The number of carbonyl (C=O) groups excluding carboxylic acids is 1. The van der Waals surface area contributed by atoms with Crippen molar-refractivity contribution in [3.8, 4) is 0 Å². The molecule has 21 heavy (non-hydrogen) atoms. The van der Waals surface area contributed by atoms with E-state index >= 15 is 0 Å². The molecule has 0 aliphatic carbocycles. The number of aliphatic hydroxyl groups is 1. The molecule has 1 heterocycles.